The number of nitrogens with zero attached hydrogens (tertiary/aromatic N) is 1. The quantitative estimate of drug-likeness (QED) is 0.572. The van der Waals surface area contributed by atoms with Gasteiger partial charge in [0.25, 0.3) is 0 Å². The van der Waals surface area contributed by atoms with E-state index in [0.29, 0.717) is 0 Å². The van der Waals surface area contributed by atoms with Crippen molar-refractivity contribution in [3.8, 4) is 0 Å². The van der Waals surface area contributed by atoms with Crippen molar-refractivity contribution in [1.29, 1.82) is 0 Å². The van der Waals surface area contributed by atoms with Gasteiger partial charge in [0.05, 0.1) is 22.2 Å². The number of hydrogen-bond donors (Lipinski definition) is 0. The Kier molecular flexibility index (Phi) is 3.87. The molecule has 0 unspecified atom stereocenters. The maximum atomic E-state index is 6.28. The molecule has 0 amide bonds. The molecule has 1 fully saturated rings. The van der Waals surface area contributed by atoms with Crippen molar-refractivity contribution >= 4 is 40.1 Å². The molecule has 3 nitrogen and oxygen atoms in total. The standard InChI is InChI=1S/C24H26BNO2/c1-23(2)24(3,4)28-25(27-23)17-14-15-22-20(16-17)19-12-8-9-13-21(19)26(22)18-10-6-5-7-11-18/h5-6,8-10,12-16H,7,11H2,1-4H3. The summed E-state index contributed by atoms with van der Waals surface area (Å²) in [6, 6.07) is 15.3. The Bertz CT molecular complexity index is 1120. The van der Waals surface area contributed by atoms with Crippen LogP contribution in [0.2, 0.25) is 0 Å². The van der Waals surface area contributed by atoms with E-state index in [-0.39, 0.29) is 18.3 Å². The van der Waals surface area contributed by atoms with Crippen molar-refractivity contribution in [2.45, 2.75) is 51.7 Å². The normalized spacial score (nSPS) is 20.9. The molecule has 142 valence electrons. The highest BCUT2D eigenvalue weighted by Crippen LogP contribution is 2.38. The van der Waals surface area contributed by atoms with Crippen molar-refractivity contribution < 1.29 is 9.31 Å². The van der Waals surface area contributed by atoms with Gasteiger partial charge in [-0.25, -0.2) is 0 Å². The first-order chi connectivity index (χ1) is 13.4. The lowest BCUT2D eigenvalue weighted by atomic mass is 9.78. The summed E-state index contributed by atoms with van der Waals surface area (Å²) in [6.07, 6.45) is 8.78. The van der Waals surface area contributed by atoms with Gasteiger partial charge in [0.2, 0.25) is 0 Å². The predicted octanol–water partition coefficient (Wildman–Crippen LogP) is 5.28. The maximum absolute atomic E-state index is 6.28. The number of hydrogen-bond acceptors (Lipinski definition) is 2. The molecule has 28 heavy (non-hydrogen) atoms. The summed E-state index contributed by atoms with van der Waals surface area (Å²) < 4.78 is 15.0. The van der Waals surface area contributed by atoms with Gasteiger partial charge in [0.15, 0.2) is 0 Å². The first kappa shape index (κ1) is 17.8. The van der Waals surface area contributed by atoms with Crippen molar-refractivity contribution in [3.05, 3.63) is 60.7 Å². The summed E-state index contributed by atoms with van der Waals surface area (Å²) in [5.41, 5.74) is 4.25. The van der Waals surface area contributed by atoms with Gasteiger partial charge < -0.3 is 13.9 Å². The van der Waals surface area contributed by atoms with Gasteiger partial charge in [-0.2, -0.15) is 0 Å². The highest BCUT2D eigenvalue weighted by atomic mass is 16.7. The molecule has 2 aromatic carbocycles. The van der Waals surface area contributed by atoms with E-state index in [4.69, 9.17) is 9.31 Å². The van der Waals surface area contributed by atoms with Crippen LogP contribution in [0.3, 0.4) is 0 Å². The lowest BCUT2D eigenvalue weighted by Crippen LogP contribution is -2.41. The van der Waals surface area contributed by atoms with Gasteiger partial charge in [0, 0.05) is 16.5 Å². The first-order valence-corrected chi connectivity index (χ1v) is 10.1. The summed E-state index contributed by atoms with van der Waals surface area (Å²) in [6.45, 7) is 8.39. The fourth-order valence-electron chi connectivity index (χ4n) is 4.20. The Labute approximate surface area is 166 Å². The summed E-state index contributed by atoms with van der Waals surface area (Å²) >= 11 is 0. The van der Waals surface area contributed by atoms with Crippen LogP contribution >= 0.6 is 0 Å². The van der Waals surface area contributed by atoms with Gasteiger partial charge >= 0.3 is 7.12 Å². The largest absolute Gasteiger partial charge is 0.494 e. The van der Waals surface area contributed by atoms with Crippen molar-refractivity contribution in [2.75, 3.05) is 0 Å². The molecule has 1 aliphatic carbocycles. The zero-order valence-electron chi connectivity index (χ0n) is 17.0. The molecule has 1 aromatic heterocycles. The smallest absolute Gasteiger partial charge is 0.399 e. The molecule has 1 saturated heterocycles. The van der Waals surface area contributed by atoms with E-state index in [1.165, 1.54) is 27.5 Å². The minimum Gasteiger partial charge on any atom is -0.399 e. The second-order valence-electron chi connectivity index (χ2n) is 8.84. The highest BCUT2D eigenvalue weighted by Gasteiger charge is 2.51. The number of para-hydroxylation sites is 1. The maximum Gasteiger partial charge on any atom is 0.494 e. The molecule has 0 atom stereocenters. The van der Waals surface area contributed by atoms with Crippen LogP contribution in [0.5, 0.6) is 0 Å². The molecular formula is C24H26BNO2. The second kappa shape index (κ2) is 6.10. The Morgan fingerprint density at radius 1 is 0.893 bits per heavy atom. The van der Waals surface area contributed by atoms with Crippen molar-refractivity contribution in [1.82, 2.24) is 4.57 Å². The summed E-state index contributed by atoms with van der Waals surface area (Å²) in [5.74, 6) is 0. The van der Waals surface area contributed by atoms with E-state index >= 15 is 0 Å². The number of allylic oxidation sites excluding steroid dienone is 4. The Hall–Kier alpha value is -2.30. The molecule has 0 saturated carbocycles. The van der Waals surface area contributed by atoms with Crippen LogP contribution in [0.1, 0.15) is 40.5 Å². The molecule has 0 spiro atoms. The Morgan fingerprint density at radius 3 is 2.32 bits per heavy atom. The third-order valence-corrected chi connectivity index (χ3v) is 6.50. The van der Waals surface area contributed by atoms with Gasteiger partial charge in [0.1, 0.15) is 0 Å². The number of benzene rings is 2. The molecule has 1 aliphatic heterocycles. The van der Waals surface area contributed by atoms with Crippen LogP contribution in [0.4, 0.5) is 0 Å². The van der Waals surface area contributed by atoms with E-state index in [2.05, 4.69) is 93.0 Å². The number of fused-ring (bicyclic) bond motifs is 3. The first-order valence-electron chi connectivity index (χ1n) is 10.1. The van der Waals surface area contributed by atoms with Gasteiger partial charge in [-0.05, 0) is 64.2 Å². The molecule has 3 aromatic rings. The van der Waals surface area contributed by atoms with Gasteiger partial charge in [-0.1, -0.05) is 42.5 Å². The molecule has 4 heteroatoms. The minimum atomic E-state index is -0.339. The van der Waals surface area contributed by atoms with Gasteiger partial charge in [-0.15, -0.1) is 0 Å². The Balaban J connectivity index is 1.68. The van der Waals surface area contributed by atoms with Crippen LogP contribution in [0.25, 0.3) is 27.5 Å². The lowest BCUT2D eigenvalue weighted by Gasteiger charge is -2.32. The molecule has 0 radical (unpaired) electrons. The second-order valence-corrected chi connectivity index (χ2v) is 8.84. The molecule has 0 N–H and O–H groups in total. The average Bonchev–Trinajstić information content (AvgIpc) is 3.12. The zero-order valence-corrected chi connectivity index (χ0v) is 17.0. The fourth-order valence-corrected chi connectivity index (χ4v) is 4.20. The molecular weight excluding hydrogens is 345 g/mol. The molecule has 2 aliphatic rings. The van der Waals surface area contributed by atoms with E-state index < -0.39 is 0 Å². The molecule has 0 bridgehead atoms. The zero-order chi connectivity index (χ0) is 19.5. The minimum absolute atomic E-state index is 0.333. The van der Waals surface area contributed by atoms with Crippen LogP contribution in [-0.2, 0) is 9.31 Å². The third-order valence-electron chi connectivity index (χ3n) is 6.50. The van der Waals surface area contributed by atoms with Crippen LogP contribution in [0, 0.1) is 0 Å². The average molecular weight is 371 g/mol. The Morgan fingerprint density at radius 2 is 1.61 bits per heavy atom. The summed E-state index contributed by atoms with van der Waals surface area (Å²) in [4.78, 5) is 0. The topological polar surface area (TPSA) is 23.4 Å². The van der Waals surface area contributed by atoms with Crippen molar-refractivity contribution in [3.63, 3.8) is 0 Å². The van der Waals surface area contributed by atoms with Crippen LogP contribution in [0.15, 0.2) is 60.7 Å². The molecule has 2 heterocycles. The fraction of sp³-hybridized carbons (Fsp3) is 0.333. The highest BCUT2D eigenvalue weighted by molar-refractivity contribution is 6.62. The SMILES string of the molecule is CC1(C)OB(c2ccc3c(c2)c2ccccc2n3C2=CC=CCC2)OC1(C)C. The van der Waals surface area contributed by atoms with E-state index in [9.17, 15) is 0 Å². The lowest BCUT2D eigenvalue weighted by molar-refractivity contribution is 0.00578. The predicted molar refractivity (Wildman–Crippen MR) is 118 cm³/mol. The number of rotatable bonds is 2. The van der Waals surface area contributed by atoms with E-state index in [0.717, 1.165) is 18.3 Å². The van der Waals surface area contributed by atoms with Crippen LogP contribution in [-0.4, -0.2) is 22.9 Å². The summed E-state index contributed by atoms with van der Waals surface area (Å²) in [7, 11) is -0.339. The van der Waals surface area contributed by atoms with Gasteiger partial charge in [-0.3, -0.25) is 0 Å². The number of aromatic nitrogens is 1. The van der Waals surface area contributed by atoms with E-state index in [1.54, 1.807) is 0 Å². The molecule has 5 rings (SSSR count). The third kappa shape index (κ3) is 2.59. The van der Waals surface area contributed by atoms with Crippen LogP contribution < -0.4 is 5.46 Å². The monoisotopic (exact) mass is 371 g/mol. The van der Waals surface area contributed by atoms with Crippen molar-refractivity contribution in [2.24, 2.45) is 0 Å². The summed E-state index contributed by atoms with van der Waals surface area (Å²) in [5, 5.41) is 2.52. The van der Waals surface area contributed by atoms with E-state index in [1.807, 2.05) is 0 Å².